The SMILES string of the molecule is Cc1cc(S(=O)(=O)Nc2ccccc2C(=O)N2CCS(=O)(=O)CC2)ccc1F. The normalized spacial score (nSPS) is 16.6. The van der Waals surface area contributed by atoms with E-state index in [9.17, 15) is 26.0 Å². The van der Waals surface area contributed by atoms with Gasteiger partial charge in [0.25, 0.3) is 15.9 Å². The van der Waals surface area contributed by atoms with Crippen LogP contribution < -0.4 is 4.72 Å². The fourth-order valence-electron chi connectivity index (χ4n) is 2.83. The zero-order valence-corrected chi connectivity index (χ0v) is 16.7. The van der Waals surface area contributed by atoms with E-state index in [1.165, 1.54) is 30.0 Å². The molecule has 0 spiro atoms. The van der Waals surface area contributed by atoms with Gasteiger partial charge in [-0.05, 0) is 42.8 Å². The summed E-state index contributed by atoms with van der Waals surface area (Å²) < 4.78 is 64.3. The second kappa shape index (κ2) is 7.51. The molecule has 150 valence electrons. The van der Waals surface area contributed by atoms with Crippen molar-refractivity contribution in [3.05, 3.63) is 59.4 Å². The Hall–Kier alpha value is -2.46. The van der Waals surface area contributed by atoms with E-state index in [2.05, 4.69) is 4.72 Å². The Morgan fingerprint density at radius 2 is 1.75 bits per heavy atom. The van der Waals surface area contributed by atoms with Gasteiger partial charge < -0.3 is 4.90 Å². The van der Waals surface area contributed by atoms with Crippen LogP contribution in [0.5, 0.6) is 0 Å². The van der Waals surface area contributed by atoms with E-state index in [0.717, 1.165) is 12.1 Å². The summed E-state index contributed by atoms with van der Waals surface area (Å²) in [4.78, 5) is 14.1. The van der Waals surface area contributed by atoms with Crippen molar-refractivity contribution < 1.29 is 26.0 Å². The lowest BCUT2D eigenvalue weighted by Gasteiger charge is -2.27. The van der Waals surface area contributed by atoms with Crippen LogP contribution in [0.25, 0.3) is 0 Å². The number of sulfone groups is 1. The lowest BCUT2D eigenvalue weighted by Crippen LogP contribution is -2.43. The topological polar surface area (TPSA) is 101 Å². The molecule has 1 amide bonds. The molecule has 28 heavy (non-hydrogen) atoms. The largest absolute Gasteiger partial charge is 0.337 e. The van der Waals surface area contributed by atoms with E-state index in [-0.39, 0.29) is 46.3 Å². The molecule has 1 aliphatic rings. The molecule has 10 heteroatoms. The van der Waals surface area contributed by atoms with E-state index in [1.54, 1.807) is 12.1 Å². The molecule has 3 rings (SSSR count). The van der Waals surface area contributed by atoms with Crippen molar-refractivity contribution >= 4 is 31.5 Å². The highest BCUT2D eigenvalue weighted by Gasteiger charge is 2.28. The van der Waals surface area contributed by atoms with Crippen LogP contribution in [0.1, 0.15) is 15.9 Å². The van der Waals surface area contributed by atoms with Crippen molar-refractivity contribution in [1.82, 2.24) is 4.90 Å². The number of sulfonamides is 1. The minimum absolute atomic E-state index is 0.0550. The molecule has 0 radical (unpaired) electrons. The number of aryl methyl sites for hydroxylation is 1. The van der Waals surface area contributed by atoms with Gasteiger partial charge in [-0.25, -0.2) is 21.2 Å². The van der Waals surface area contributed by atoms with Gasteiger partial charge >= 0.3 is 0 Å². The summed E-state index contributed by atoms with van der Waals surface area (Å²) in [6, 6.07) is 9.50. The van der Waals surface area contributed by atoms with Crippen LogP contribution in [0.2, 0.25) is 0 Å². The molecular weight excluding hydrogens is 407 g/mol. The summed E-state index contributed by atoms with van der Waals surface area (Å²) in [6.45, 7) is 1.56. The van der Waals surface area contributed by atoms with Crippen molar-refractivity contribution in [3.8, 4) is 0 Å². The zero-order chi connectivity index (χ0) is 20.5. The summed E-state index contributed by atoms with van der Waals surface area (Å²) in [6.07, 6.45) is 0. The predicted molar refractivity (Wildman–Crippen MR) is 103 cm³/mol. The molecule has 2 aromatic carbocycles. The van der Waals surface area contributed by atoms with Gasteiger partial charge in [-0.3, -0.25) is 9.52 Å². The number of carbonyl (C=O) groups excluding carboxylic acids is 1. The number of halogens is 1. The third-order valence-electron chi connectivity index (χ3n) is 4.47. The van der Waals surface area contributed by atoms with Crippen molar-refractivity contribution in [1.29, 1.82) is 0 Å². The molecule has 0 aromatic heterocycles. The Kier molecular flexibility index (Phi) is 5.44. The monoisotopic (exact) mass is 426 g/mol. The Morgan fingerprint density at radius 1 is 1.11 bits per heavy atom. The molecule has 1 aliphatic heterocycles. The number of amides is 1. The first-order valence-electron chi connectivity index (χ1n) is 8.47. The number of anilines is 1. The highest BCUT2D eigenvalue weighted by molar-refractivity contribution is 7.92. The molecule has 0 bridgehead atoms. The smallest absolute Gasteiger partial charge is 0.261 e. The molecule has 2 aromatic rings. The lowest BCUT2D eigenvalue weighted by molar-refractivity contribution is 0.0771. The molecular formula is C18H19FN2O5S2. The quantitative estimate of drug-likeness (QED) is 0.804. The maximum Gasteiger partial charge on any atom is 0.261 e. The number of carbonyl (C=O) groups is 1. The third kappa shape index (κ3) is 4.33. The Morgan fingerprint density at radius 3 is 2.39 bits per heavy atom. The molecule has 7 nitrogen and oxygen atoms in total. The van der Waals surface area contributed by atoms with Gasteiger partial charge in [0.2, 0.25) is 0 Å². The molecule has 0 aliphatic carbocycles. The van der Waals surface area contributed by atoms with Gasteiger partial charge in [-0.15, -0.1) is 0 Å². The van der Waals surface area contributed by atoms with E-state index in [4.69, 9.17) is 0 Å². The second-order valence-corrected chi connectivity index (χ2v) is 10.5. The van der Waals surface area contributed by atoms with E-state index >= 15 is 0 Å². The Labute approximate surface area is 163 Å². The molecule has 0 unspecified atom stereocenters. The molecule has 0 saturated carbocycles. The summed E-state index contributed by atoms with van der Waals surface area (Å²) in [5.41, 5.74) is 0.369. The Balaban J connectivity index is 1.88. The number of para-hydroxylation sites is 1. The Bertz CT molecular complexity index is 1120. The van der Waals surface area contributed by atoms with Gasteiger partial charge in [0, 0.05) is 13.1 Å². The molecule has 1 heterocycles. The highest BCUT2D eigenvalue weighted by Crippen LogP contribution is 2.23. The first kappa shape index (κ1) is 20.3. The van der Waals surface area contributed by atoms with Gasteiger partial charge in [0.05, 0.1) is 27.7 Å². The standard InChI is InChI=1S/C18H19FN2O5S2/c1-13-12-14(6-7-16(13)19)28(25,26)20-17-5-3-2-4-15(17)18(22)21-8-10-27(23,24)11-9-21/h2-7,12,20H,8-11H2,1H3. The van der Waals surface area contributed by atoms with Crippen molar-refractivity contribution in [2.45, 2.75) is 11.8 Å². The van der Waals surface area contributed by atoms with Crippen molar-refractivity contribution in [2.75, 3.05) is 29.3 Å². The highest BCUT2D eigenvalue weighted by atomic mass is 32.2. The van der Waals surface area contributed by atoms with Crippen LogP contribution in [-0.2, 0) is 19.9 Å². The summed E-state index contributed by atoms with van der Waals surface area (Å²) in [5, 5.41) is 0. The second-order valence-electron chi connectivity index (χ2n) is 6.51. The van der Waals surface area contributed by atoms with Crippen LogP contribution in [0.15, 0.2) is 47.4 Å². The van der Waals surface area contributed by atoms with Crippen LogP contribution >= 0.6 is 0 Å². The van der Waals surface area contributed by atoms with Crippen molar-refractivity contribution in [2.24, 2.45) is 0 Å². The summed E-state index contributed by atoms with van der Waals surface area (Å²) in [7, 11) is -7.19. The van der Waals surface area contributed by atoms with Crippen LogP contribution in [0.4, 0.5) is 10.1 Å². The minimum atomic E-state index is -4.04. The van der Waals surface area contributed by atoms with Gasteiger partial charge in [-0.2, -0.15) is 0 Å². The molecule has 1 fully saturated rings. The number of benzene rings is 2. The molecule has 1 N–H and O–H groups in total. The number of nitrogens with one attached hydrogen (secondary N) is 1. The number of hydrogen-bond acceptors (Lipinski definition) is 5. The lowest BCUT2D eigenvalue weighted by atomic mass is 10.1. The van der Waals surface area contributed by atoms with Gasteiger partial charge in [0.1, 0.15) is 5.82 Å². The van der Waals surface area contributed by atoms with Gasteiger partial charge in [0.15, 0.2) is 9.84 Å². The fraction of sp³-hybridized carbons (Fsp3) is 0.278. The van der Waals surface area contributed by atoms with Crippen LogP contribution in [0, 0.1) is 12.7 Å². The summed E-state index contributed by atoms with van der Waals surface area (Å²) in [5.74, 6) is -1.22. The number of nitrogens with zero attached hydrogens (tertiary/aromatic N) is 1. The average Bonchev–Trinajstić information content (AvgIpc) is 2.63. The molecule has 0 atom stereocenters. The third-order valence-corrected chi connectivity index (χ3v) is 7.45. The minimum Gasteiger partial charge on any atom is -0.337 e. The maximum atomic E-state index is 13.4. The number of rotatable bonds is 4. The van der Waals surface area contributed by atoms with Crippen LogP contribution in [-0.4, -0.2) is 52.2 Å². The van der Waals surface area contributed by atoms with E-state index < -0.39 is 31.6 Å². The number of hydrogen-bond donors (Lipinski definition) is 1. The van der Waals surface area contributed by atoms with E-state index in [1.807, 2.05) is 0 Å². The van der Waals surface area contributed by atoms with Gasteiger partial charge in [-0.1, -0.05) is 12.1 Å². The first-order valence-corrected chi connectivity index (χ1v) is 11.8. The molecule has 1 saturated heterocycles. The zero-order valence-electron chi connectivity index (χ0n) is 15.1. The summed E-state index contributed by atoms with van der Waals surface area (Å²) >= 11 is 0. The van der Waals surface area contributed by atoms with E-state index in [0.29, 0.717) is 0 Å². The fourth-order valence-corrected chi connectivity index (χ4v) is 5.20. The maximum absolute atomic E-state index is 13.4. The van der Waals surface area contributed by atoms with Crippen LogP contribution in [0.3, 0.4) is 0 Å². The predicted octanol–water partition coefficient (Wildman–Crippen LogP) is 1.81. The van der Waals surface area contributed by atoms with Crippen molar-refractivity contribution in [3.63, 3.8) is 0 Å². The average molecular weight is 426 g/mol. The first-order chi connectivity index (χ1) is 13.1.